The highest BCUT2D eigenvalue weighted by atomic mass is 16.2. The van der Waals surface area contributed by atoms with Gasteiger partial charge in [-0.1, -0.05) is 6.92 Å². The van der Waals surface area contributed by atoms with Gasteiger partial charge in [0, 0.05) is 25.4 Å². The van der Waals surface area contributed by atoms with Crippen molar-refractivity contribution < 1.29 is 4.79 Å². The first-order valence-corrected chi connectivity index (χ1v) is 5.26. The largest absolute Gasteiger partial charge is 0.387 e. The van der Waals surface area contributed by atoms with Gasteiger partial charge in [0.25, 0.3) is 0 Å². The SMILES string of the molecule is CCCC(=O)N1CCC(C(=N)N)CC1. The maximum Gasteiger partial charge on any atom is 0.222 e. The summed E-state index contributed by atoms with van der Waals surface area (Å²) in [6.07, 6.45) is 3.26. The molecule has 1 aliphatic rings. The number of hydrogen-bond donors (Lipinski definition) is 2. The van der Waals surface area contributed by atoms with Crippen LogP contribution in [-0.4, -0.2) is 29.7 Å². The molecular weight excluding hydrogens is 178 g/mol. The molecular formula is C10H19N3O. The Morgan fingerprint density at radius 3 is 2.50 bits per heavy atom. The van der Waals surface area contributed by atoms with Crippen molar-refractivity contribution in [2.75, 3.05) is 13.1 Å². The topological polar surface area (TPSA) is 70.2 Å². The smallest absolute Gasteiger partial charge is 0.222 e. The van der Waals surface area contributed by atoms with Gasteiger partial charge in [-0.25, -0.2) is 0 Å². The number of nitrogens with two attached hydrogens (primary N) is 1. The highest BCUT2D eigenvalue weighted by molar-refractivity contribution is 5.80. The summed E-state index contributed by atoms with van der Waals surface area (Å²) in [5.74, 6) is 0.711. The summed E-state index contributed by atoms with van der Waals surface area (Å²) in [6.45, 7) is 3.55. The molecule has 1 fully saturated rings. The van der Waals surface area contributed by atoms with E-state index in [0.717, 1.165) is 32.4 Å². The molecule has 0 unspecified atom stereocenters. The van der Waals surface area contributed by atoms with Crippen molar-refractivity contribution in [2.45, 2.75) is 32.6 Å². The number of amides is 1. The van der Waals surface area contributed by atoms with Crippen LogP contribution in [0.3, 0.4) is 0 Å². The lowest BCUT2D eigenvalue weighted by atomic mass is 9.95. The van der Waals surface area contributed by atoms with Gasteiger partial charge in [0.05, 0.1) is 5.84 Å². The van der Waals surface area contributed by atoms with E-state index in [9.17, 15) is 4.79 Å². The quantitative estimate of drug-likeness (QED) is 0.522. The number of amidine groups is 1. The summed E-state index contributed by atoms with van der Waals surface area (Å²) in [5.41, 5.74) is 5.43. The summed E-state index contributed by atoms with van der Waals surface area (Å²) >= 11 is 0. The normalized spacial score (nSPS) is 18.2. The number of nitrogens with zero attached hydrogens (tertiary/aromatic N) is 1. The van der Waals surface area contributed by atoms with Gasteiger partial charge in [-0.15, -0.1) is 0 Å². The first-order valence-electron chi connectivity index (χ1n) is 5.26. The van der Waals surface area contributed by atoms with E-state index >= 15 is 0 Å². The van der Waals surface area contributed by atoms with Crippen molar-refractivity contribution in [3.05, 3.63) is 0 Å². The molecule has 0 aromatic heterocycles. The minimum absolute atomic E-state index is 0.195. The predicted molar refractivity (Wildman–Crippen MR) is 56.1 cm³/mol. The molecule has 1 amide bonds. The Morgan fingerprint density at radius 2 is 2.07 bits per heavy atom. The molecule has 0 atom stereocenters. The maximum atomic E-state index is 11.5. The van der Waals surface area contributed by atoms with Crippen LogP contribution in [0.5, 0.6) is 0 Å². The lowest BCUT2D eigenvalue weighted by Gasteiger charge is -2.31. The van der Waals surface area contributed by atoms with Crippen LogP contribution in [0.25, 0.3) is 0 Å². The first-order chi connectivity index (χ1) is 6.65. The number of hydrogen-bond acceptors (Lipinski definition) is 2. The molecule has 3 N–H and O–H groups in total. The van der Waals surface area contributed by atoms with Crippen molar-refractivity contribution in [1.82, 2.24) is 4.90 Å². The van der Waals surface area contributed by atoms with Crippen LogP contribution in [-0.2, 0) is 4.79 Å². The molecule has 1 aliphatic heterocycles. The van der Waals surface area contributed by atoms with Crippen molar-refractivity contribution in [1.29, 1.82) is 5.41 Å². The third kappa shape index (κ3) is 2.72. The number of rotatable bonds is 3. The predicted octanol–water partition coefficient (Wildman–Crippen LogP) is 0.961. The first kappa shape index (κ1) is 11.0. The zero-order valence-electron chi connectivity index (χ0n) is 8.75. The van der Waals surface area contributed by atoms with E-state index in [1.807, 2.05) is 11.8 Å². The van der Waals surface area contributed by atoms with Crippen LogP contribution >= 0.6 is 0 Å². The minimum Gasteiger partial charge on any atom is -0.387 e. The van der Waals surface area contributed by atoms with Gasteiger partial charge in [0.15, 0.2) is 0 Å². The molecule has 0 aliphatic carbocycles. The fraction of sp³-hybridized carbons (Fsp3) is 0.800. The molecule has 80 valence electrons. The van der Waals surface area contributed by atoms with Crippen molar-refractivity contribution in [2.24, 2.45) is 11.7 Å². The van der Waals surface area contributed by atoms with Crippen LogP contribution in [0.4, 0.5) is 0 Å². The maximum absolute atomic E-state index is 11.5. The molecule has 14 heavy (non-hydrogen) atoms. The van der Waals surface area contributed by atoms with Crippen LogP contribution in [0.15, 0.2) is 0 Å². The fourth-order valence-electron chi connectivity index (χ4n) is 1.81. The second kappa shape index (κ2) is 4.98. The molecule has 1 rings (SSSR count). The van der Waals surface area contributed by atoms with E-state index in [-0.39, 0.29) is 17.7 Å². The number of likely N-dealkylation sites (tertiary alicyclic amines) is 1. The Bertz CT molecular complexity index is 219. The Hall–Kier alpha value is -1.06. The van der Waals surface area contributed by atoms with E-state index < -0.39 is 0 Å². The zero-order chi connectivity index (χ0) is 10.6. The van der Waals surface area contributed by atoms with Gasteiger partial charge >= 0.3 is 0 Å². The Morgan fingerprint density at radius 1 is 1.50 bits per heavy atom. The highest BCUT2D eigenvalue weighted by Crippen LogP contribution is 2.17. The zero-order valence-corrected chi connectivity index (χ0v) is 8.75. The molecule has 4 heteroatoms. The third-order valence-electron chi connectivity index (χ3n) is 2.75. The molecule has 1 saturated heterocycles. The van der Waals surface area contributed by atoms with Crippen LogP contribution in [0.2, 0.25) is 0 Å². The van der Waals surface area contributed by atoms with Crippen molar-refractivity contribution >= 4 is 11.7 Å². The lowest BCUT2D eigenvalue weighted by Crippen LogP contribution is -2.41. The average Bonchev–Trinajstić information content (AvgIpc) is 2.18. The third-order valence-corrected chi connectivity index (χ3v) is 2.75. The number of nitrogens with one attached hydrogen (secondary N) is 1. The standard InChI is InChI=1S/C10H19N3O/c1-2-3-9(14)13-6-4-8(5-7-13)10(11)12/h8H,2-7H2,1H3,(H3,11,12). The molecule has 0 bridgehead atoms. The number of piperidine rings is 1. The van der Waals surface area contributed by atoms with Gasteiger partial charge in [-0.3, -0.25) is 10.2 Å². The summed E-state index contributed by atoms with van der Waals surface area (Å²) < 4.78 is 0. The van der Waals surface area contributed by atoms with Gasteiger partial charge in [-0.2, -0.15) is 0 Å². The molecule has 0 spiro atoms. The molecule has 1 heterocycles. The summed E-state index contributed by atoms with van der Waals surface area (Å²) in [4.78, 5) is 13.4. The van der Waals surface area contributed by atoms with E-state index in [4.69, 9.17) is 11.1 Å². The lowest BCUT2D eigenvalue weighted by molar-refractivity contribution is -0.132. The van der Waals surface area contributed by atoms with E-state index in [1.54, 1.807) is 0 Å². The van der Waals surface area contributed by atoms with E-state index in [1.165, 1.54) is 0 Å². The second-order valence-electron chi connectivity index (χ2n) is 3.86. The number of carbonyl (C=O) groups is 1. The molecule has 0 aromatic rings. The van der Waals surface area contributed by atoms with Crippen LogP contribution in [0.1, 0.15) is 32.6 Å². The Balaban J connectivity index is 2.35. The monoisotopic (exact) mass is 197 g/mol. The fourth-order valence-corrected chi connectivity index (χ4v) is 1.81. The second-order valence-corrected chi connectivity index (χ2v) is 3.86. The van der Waals surface area contributed by atoms with Gasteiger partial charge < -0.3 is 10.6 Å². The van der Waals surface area contributed by atoms with Crippen LogP contribution in [0, 0.1) is 11.3 Å². The average molecular weight is 197 g/mol. The molecule has 0 aromatic carbocycles. The van der Waals surface area contributed by atoms with Gasteiger partial charge in [-0.05, 0) is 19.3 Å². The number of carbonyl (C=O) groups excluding carboxylic acids is 1. The van der Waals surface area contributed by atoms with Gasteiger partial charge in [0.2, 0.25) is 5.91 Å². The summed E-state index contributed by atoms with van der Waals surface area (Å²) in [7, 11) is 0. The summed E-state index contributed by atoms with van der Waals surface area (Å²) in [5, 5.41) is 7.32. The van der Waals surface area contributed by atoms with E-state index in [2.05, 4.69) is 0 Å². The highest BCUT2D eigenvalue weighted by Gasteiger charge is 2.23. The minimum atomic E-state index is 0.195. The summed E-state index contributed by atoms with van der Waals surface area (Å²) in [6, 6.07) is 0. The molecule has 0 saturated carbocycles. The van der Waals surface area contributed by atoms with Crippen LogP contribution < -0.4 is 5.73 Å². The molecule has 4 nitrogen and oxygen atoms in total. The molecule has 0 radical (unpaired) electrons. The van der Waals surface area contributed by atoms with Gasteiger partial charge in [0.1, 0.15) is 0 Å². The van der Waals surface area contributed by atoms with E-state index in [0.29, 0.717) is 6.42 Å². The van der Waals surface area contributed by atoms with Crippen molar-refractivity contribution in [3.63, 3.8) is 0 Å². The Labute approximate surface area is 85.0 Å². The van der Waals surface area contributed by atoms with Crippen molar-refractivity contribution in [3.8, 4) is 0 Å². The Kier molecular flexibility index (Phi) is 3.92.